The highest BCUT2D eigenvalue weighted by molar-refractivity contribution is 8.01. The molecule has 2 atom stereocenters. The van der Waals surface area contributed by atoms with Crippen molar-refractivity contribution in [3.63, 3.8) is 0 Å². The number of amides is 2. The zero-order valence-corrected chi connectivity index (χ0v) is 16.0. The molecule has 0 bridgehead atoms. The highest BCUT2D eigenvalue weighted by atomic mass is 32.2. The van der Waals surface area contributed by atoms with Gasteiger partial charge in [-0.25, -0.2) is 0 Å². The minimum absolute atomic E-state index is 0.0901. The summed E-state index contributed by atoms with van der Waals surface area (Å²) in [4.78, 5) is 26.8. The van der Waals surface area contributed by atoms with E-state index in [9.17, 15) is 9.59 Å². The Morgan fingerprint density at radius 1 is 1.15 bits per heavy atom. The fourth-order valence-corrected chi connectivity index (χ4v) is 4.71. The van der Waals surface area contributed by atoms with Crippen LogP contribution in [0.5, 0.6) is 11.5 Å². The number of β-lactam (4-membered cyclic amide) rings is 1. The molecule has 4 rings (SSSR count). The molecule has 0 unspecified atom stereocenters. The molecule has 2 aromatic carbocycles. The number of fused-ring (bicyclic) bond motifs is 1. The fourth-order valence-electron chi connectivity index (χ4n) is 3.21. The summed E-state index contributed by atoms with van der Waals surface area (Å²) in [6, 6.07) is 15.8. The lowest BCUT2D eigenvalue weighted by Gasteiger charge is -2.41. The number of benzene rings is 2. The van der Waals surface area contributed by atoms with Crippen molar-refractivity contribution in [1.29, 1.82) is 0 Å². The number of rotatable bonds is 4. The lowest BCUT2D eigenvalue weighted by atomic mass is 10.0. The number of nitrogens with one attached hydrogen (secondary N) is 1. The molecule has 2 aliphatic rings. The van der Waals surface area contributed by atoms with Crippen LogP contribution in [0.15, 0.2) is 66.9 Å². The summed E-state index contributed by atoms with van der Waals surface area (Å²) in [5.74, 6) is 0.874. The average molecular weight is 380 g/mol. The van der Waals surface area contributed by atoms with Gasteiger partial charge in [0.25, 0.3) is 11.8 Å². The van der Waals surface area contributed by atoms with E-state index in [-0.39, 0.29) is 21.9 Å². The van der Waals surface area contributed by atoms with E-state index in [0.29, 0.717) is 17.1 Å². The Morgan fingerprint density at radius 2 is 1.85 bits per heavy atom. The van der Waals surface area contributed by atoms with E-state index in [1.165, 1.54) is 0 Å². The second-order valence-electron chi connectivity index (χ2n) is 7.07. The van der Waals surface area contributed by atoms with Crippen LogP contribution < -0.4 is 10.1 Å². The summed E-state index contributed by atoms with van der Waals surface area (Å²) in [5.41, 5.74) is 1.25. The first-order valence-corrected chi connectivity index (χ1v) is 9.59. The molecule has 0 spiro atoms. The van der Waals surface area contributed by atoms with Crippen molar-refractivity contribution in [3.05, 3.63) is 72.4 Å². The summed E-state index contributed by atoms with van der Waals surface area (Å²) < 4.78 is 5.57. The Kier molecular flexibility index (Phi) is 4.23. The fraction of sp³-hybridized carbons (Fsp3) is 0.238. The maximum atomic E-state index is 12.7. The summed E-state index contributed by atoms with van der Waals surface area (Å²) in [6.07, 6.45) is 0. The standard InChI is InChI=1S/C21H20N2O3S/c1-13-21(2,3)27-20-17(19(25)23(13)20)22-18(24)14-8-7-11-16(12-14)26-15-9-5-4-6-10-15/h4-12,17,20H,1H2,2-3H3,(H,22,24)/t17-,20-/m1/s1. The third-order valence-corrected chi connectivity index (χ3v) is 6.36. The summed E-state index contributed by atoms with van der Waals surface area (Å²) in [5, 5.41) is 2.77. The van der Waals surface area contributed by atoms with Crippen LogP contribution in [0, 0.1) is 0 Å². The van der Waals surface area contributed by atoms with Gasteiger partial charge in [-0.15, -0.1) is 11.8 Å². The molecule has 2 heterocycles. The SMILES string of the molecule is C=C1N2C(=O)[C@@H](NC(=O)c3cccc(Oc4ccccc4)c3)[C@H]2SC1(C)C. The molecule has 6 heteroatoms. The van der Waals surface area contributed by atoms with Crippen molar-refractivity contribution >= 4 is 23.6 Å². The van der Waals surface area contributed by atoms with Gasteiger partial charge >= 0.3 is 0 Å². The van der Waals surface area contributed by atoms with Crippen LogP contribution in [-0.4, -0.2) is 32.9 Å². The van der Waals surface area contributed by atoms with Gasteiger partial charge in [-0.3, -0.25) is 14.5 Å². The van der Waals surface area contributed by atoms with E-state index < -0.39 is 6.04 Å². The topological polar surface area (TPSA) is 58.6 Å². The van der Waals surface area contributed by atoms with Crippen molar-refractivity contribution in [2.24, 2.45) is 0 Å². The molecule has 2 fully saturated rings. The van der Waals surface area contributed by atoms with Crippen molar-refractivity contribution in [2.75, 3.05) is 0 Å². The molecule has 2 aromatic rings. The van der Waals surface area contributed by atoms with Crippen molar-refractivity contribution in [2.45, 2.75) is 30.0 Å². The largest absolute Gasteiger partial charge is 0.457 e. The normalized spacial score (nSPS) is 22.8. The van der Waals surface area contributed by atoms with Crippen molar-refractivity contribution < 1.29 is 14.3 Å². The van der Waals surface area contributed by atoms with E-state index in [4.69, 9.17) is 4.74 Å². The highest BCUT2D eigenvalue weighted by Crippen LogP contribution is 2.52. The molecule has 2 aliphatic heterocycles. The van der Waals surface area contributed by atoms with E-state index in [2.05, 4.69) is 11.9 Å². The van der Waals surface area contributed by atoms with E-state index in [0.717, 1.165) is 5.70 Å². The van der Waals surface area contributed by atoms with Crippen LogP contribution in [0.4, 0.5) is 0 Å². The Bertz CT molecular complexity index is 926. The summed E-state index contributed by atoms with van der Waals surface area (Å²) in [6.45, 7) is 8.09. The summed E-state index contributed by atoms with van der Waals surface area (Å²) in [7, 11) is 0. The molecule has 2 saturated heterocycles. The number of hydrogen-bond acceptors (Lipinski definition) is 4. The number of ether oxygens (including phenoxy) is 1. The van der Waals surface area contributed by atoms with Crippen LogP contribution in [0.3, 0.4) is 0 Å². The lowest BCUT2D eigenvalue weighted by molar-refractivity contribution is -0.141. The first kappa shape index (κ1) is 17.7. The van der Waals surface area contributed by atoms with Gasteiger partial charge in [0.2, 0.25) is 0 Å². The maximum Gasteiger partial charge on any atom is 0.253 e. The maximum absolute atomic E-state index is 12.7. The third kappa shape index (κ3) is 3.10. The Hall–Kier alpha value is -2.73. The van der Waals surface area contributed by atoms with Crippen LogP contribution in [0.25, 0.3) is 0 Å². The smallest absolute Gasteiger partial charge is 0.253 e. The second-order valence-corrected chi connectivity index (χ2v) is 8.81. The Morgan fingerprint density at radius 3 is 2.59 bits per heavy atom. The van der Waals surface area contributed by atoms with E-state index >= 15 is 0 Å². The highest BCUT2D eigenvalue weighted by Gasteiger charge is 2.58. The third-order valence-electron chi connectivity index (χ3n) is 4.81. The molecule has 27 heavy (non-hydrogen) atoms. The molecule has 0 aromatic heterocycles. The molecule has 2 amide bonds. The van der Waals surface area contributed by atoms with Gasteiger partial charge in [0, 0.05) is 11.3 Å². The number of carbonyl (C=O) groups is 2. The van der Waals surface area contributed by atoms with Crippen LogP contribution >= 0.6 is 11.8 Å². The van der Waals surface area contributed by atoms with Crippen LogP contribution in [0.2, 0.25) is 0 Å². The van der Waals surface area contributed by atoms with Gasteiger partial charge in [0.05, 0.1) is 4.75 Å². The molecule has 0 saturated carbocycles. The first-order chi connectivity index (χ1) is 12.9. The molecular weight excluding hydrogens is 360 g/mol. The molecule has 138 valence electrons. The molecule has 0 radical (unpaired) electrons. The van der Waals surface area contributed by atoms with Crippen LogP contribution in [0.1, 0.15) is 24.2 Å². The molecule has 0 aliphatic carbocycles. The second kappa shape index (κ2) is 6.46. The summed E-state index contributed by atoms with van der Waals surface area (Å²) >= 11 is 1.65. The van der Waals surface area contributed by atoms with Gasteiger partial charge in [-0.1, -0.05) is 30.8 Å². The number of para-hydroxylation sites is 1. The van der Waals surface area contributed by atoms with E-state index in [1.54, 1.807) is 40.9 Å². The number of nitrogens with zero attached hydrogens (tertiary/aromatic N) is 1. The number of thioether (sulfide) groups is 1. The van der Waals surface area contributed by atoms with E-state index in [1.807, 2.05) is 44.2 Å². The zero-order valence-electron chi connectivity index (χ0n) is 15.1. The zero-order chi connectivity index (χ0) is 19.2. The molecular formula is C21H20N2O3S. The van der Waals surface area contributed by atoms with Gasteiger partial charge in [-0.2, -0.15) is 0 Å². The van der Waals surface area contributed by atoms with Gasteiger partial charge in [0.15, 0.2) is 0 Å². The average Bonchev–Trinajstić information content (AvgIpc) is 2.87. The minimum Gasteiger partial charge on any atom is -0.457 e. The van der Waals surface area contributed by atoms with Crippen LogP contribution in [-0.2, 0) is 4.79 Å². The van der Waals surface area contributed by atoms with Crippen molar-refractivity contribution in [1.82, 2.24) is 10.2 Å². The number of carbonyl (C=O) groups excluding carboxylic acids is 2. The lowest BCUT2D eigenvalue weighted by Crippen LogP contribution is -2.66. The molecule has 5 nitrogen and oxygen atoms in total. The number of hydrogen-bond donors (Lipinski definition) is 1. The van der Waals surface area contributed by atoms with Crippen molar-refractivity contribution in [3.8, 4) is 11.5 Å². The first-order valence-electron chi connectivity index (χ1n) is 8.71. The minimum atomic E-state index is -0.528. The predicted molar refractivity (Wildman–Crippen MR) is 106 cm³/mol. The monoisotopic (exact) mass is 380 g/mol. The molecule has 1 N–H and O–H groups in total. The Balaban J connectivity index is 1.46. The predicted octanol–water partition coefficient (Wildman–Crippen LogP) is 3.78. The quantitative estimate of drug-likeness (QED) is 0.820. The van der Waals surface area contributed by atoms with Gasteiger partial charge < -0.3 is 10.1 Å². The Labute approximate surface area is 162 Å². The van der Waals surface area contributed by atoms with Gasteiger partial charge in [-0.05, 0) is 44.2 Å². The van der Waals surface area contributed by atoms with Gasteiger partial charge in [0.1, 0.15) is 22.9 Å².